The quantitative estimate of drug-likeness (QED) is 0.785. The van der Waals surface area contributed by atoms with Crippen LogP contribution in [0, 0.1) is 0 Å². The summed E-state index contributed by atoms with van der Waals surface area (Å²) in [5, 5.41) is 12.1. The molecule has 0 radical (unpaired) electrons. The summed E-state index contributed by atoms with van der Waals surface area (Å²) in [6, 6.07) is 4.39. The van der Waals surface area contributed by atoms with Gasteiger partial charge in [0.05, 0.1) is 5.56 Å². The number of carbonyl (C=O) groups is 2. The average molecular weight is 222 g/mol. The molecular weight excluding hydrogens is 208 g/mol. The number of phenols is 1. The van der Waals surface area contributed by atoms with Gasteiger partial charge in [-0.2, -0.15) is 0 Å². The van der Waals surface area contributed by atoms with E-state index in [2.05, 4.69) is 5.32 Å². The first-order valence-corrected chi connectivity index (χ1v) is 4.74. The fourth-order valence-corrected chi connectivity index (χ4v) is 1.23. The predicted molar refractivity (Wildman–Crippen MR) is 60.4 cm³/mol. The highest BCUT2D eigenvalue weighted by atomic mass is 16.3. The van der Waals surface area contributed by atoms with E-state index in [1.165, 1.54) is 24.0 Å². The Bertz CT molecular complexity index is 427. The van der Waals surface area contributed by atoms with Crippen LogP contribution in [0.3, 0.4) is 0 Å². The first kappa shape index (κ1) is 12.0. The summed E-state index contributed by atoms with van der Waals surface area (Å²) < 4.78 is 0. The number of nitrogens with one attached hydrogen (secondary N) is 1. The second kappa shape index (κ2) is 4.65. The van der Waals surface area contributed by atoms with Crippen molar-refractivity contribution in [2.45, 2.75) is 6.92 Å². The van der Waals surface area contributed by atoms with Gasteiger partial charge in [0.2, 0.25) is 5.91 Å². The minimum absolute atomic E-state index is 0.148. The van der Waals surface area contributed by atoms with Crippen molar-refractivity contribution < 1.29 is 14.7 Å². The van der Waals surface area contributed by atoms with Gasteiger partial charge in [0.25, 0.3) is 5.91 Å². The Balaban J connectivity index is 3.00. The Labute approximate surface area is 93.7 Å². The van der Waals surface area contributed by atoms with Gasteiger partial charge in [0.1, 0.15) is 5.75 Å². The molecule has 16 heavy (non-hydrogen) atoms. The van der Waals surface area contributed by atoms with E-state index in [0.29, 0.717) is 5.69 Å². The normalized spacial score (nSPS) is 9.69. The van der Waals surface area contributed by atoms with Gasteiger partial charge in [-0.1, -0.05) is 0 Å². The fraction of sp³-hybridized carbons (Fsp3) is 0.273. The van der Waals surface area contributed by atoms with Crippen molar-refractivity contribution in [2.75, 3.05) is 19.4 Å². The molecule has 0 atom stereocenters. The Hall–Kier alpha value is -2.04. The summed E-state index contributed by atoms with van der Waals surface area (Å²) >= 11 is 0. The number of phenolic OH excluding ortho intramolecular Hbond substituents is 1. The number of anilines is 1. The van der Waals surface area contributed by atoms with Crippen LogP contribution < -0.4 is 5.32 Å². The molecule has 0 saturated heterocycles. The lowest BCUT2D eigenvalue weighted by Gasteiger charge is -2.12. The highest BCUT2D eigenvalue weighted by Gasteiger charge is 2.13. The number of carbonyl (C=O) groups excluding carboxylic acids is 2. The highest BCUT2D eigenvalue weighted by molar-refractivity contribution is 5.97. The lowest BCUT2D eigenvalue weighted by Crippen LogP contribution is -2.21. The van der Waals surface area contributed by atoms with E-state index >= 15 is 0 Å². The largest absolute Gasteiger partial charge is 0.507 e. The predicted octanol–water partition coefficient (Wildman–Crippen LogP) is 1.05. The van der Waals surface area contributed by atoms with Crippen LogP contribution in [-0.4, -0.2) is 35.9 Å². The molecule has 5 nitrogen and oxygen atoms in total. The smallest absolute Gasteiger partial charge is 0.257 e. The van der Waals surface area contributed by atoms with Gasteiger partial charge in [-0.05, 0) is 12.1 Å². The molecule has 0 spiro atoms. The molecule has 5 heteroatoms. The second-order valence-corrected chi connectivity index (χ2v) is 3.61. The first-order valence-electron chi connectivity index (χ1n) is 4.74. The van der Waals surface area contributed by atoms with E-state index in [-0.39, 0.29) is 23.1 Å². The van der Waals surface area contributed by atoms with E-state index in [9.17, 15) is 14.7 Å². The summed E-state index contributed by atoms with van der Waals surface area (Å²) in [7, 11) is 3.20. The van der Waals surface area contributed by atoms with Crippen molar-refractivity contribution >= 4 is 17.5 Å². The fourth-order valence-electron chi connectivity index (χ4n) is 1.23. The maximum absolute atomic E-state index is 11.6. The summed E-state index contributed by atoms with van der Waals surface area (Å²) in [6.07, 6.45) is 0. The molecule has 1 aromatic carbocycles. The standard InChI is InChI=1S/C11H14N2O3/c1-7(14)12-8-4-5-9(10(15)6-8)11(16)13(2)3/h4-6,15H,1-3H3,(H,12,14). The Morgan fingerprint density at radius 1 is 1.31 bits per heavy atom. The molecule has 2 amide bonds. The minimum Gasteiger partial charge on any atom is -0.507 e. The molecule has 0 aliphatic rings. The third-order valence-electron chi connectivity index (χ3n) is 1.95. The zero-order valence-electron chi connectivity index (χ0n) is 9.44. The summed E-state index contributed by atoms with van der Waals surface area (Å²) in [5.74, 6) is -0.664. The highest BCUT2D eigenvalue weighted by Crippen LogP contribution is 2.22. The molecular formula is C11H14N2O3. The van der Waals surface area contributed by atoms with Crippen LogP contribution in [0.25, 0.3) is 0 Å². The average Bonchev–Trinajstić information content (AvgIpc) is 2.15. The Morgan fingerprint density at radius 2 is 1.94 bits per heavy atom. The number of hydrogen-bond acceptors (Lipinski definition) is 3. The van der Waals surface area contributed by atoms with Crippen molar-refractivity contribution in [3.8, 4) is 5.75 Å². The van der Waals surface area contributed by atoms with Gasteiger partial charge in [0, 0.05) is 32.8 Å². The van der Waals surface area contributed by atoms with Crippen LogP contribution in [0.15, 0.2) is 18.2 Å². The number of nitrogens with zero attached hydrogens (tertiary/aromatic N) is 1. The van der Waals surface area contributed by atoms with Crippen LogP contribution in [-0.2, 0) is 4.79 Å². The summed E-state index contributed by atoms with van der Waals surface area (Å²) in [5.41, 5.74) is 0.666. The van der Waals surface area contributed by atoms with Gasteiger partial charge in [0.15, 0.2) is 0 Å². The molecule has 2 N–H and O–H groups in total. The third-order valence-corrected chi connectivity index (χ3v) is 1.95. The zero-order chi connectivity index (χ0) is 12.3. The van der Waals surface area contributed by atoms with E-state index in [1.807, 2.05) is 0 Å². The Morgan fingerprint density at radius 3 is 2.38 bits per heavy atom. The summed E-state index contributed by atoms with van der Waals surface area (Å²) in [4.78, 5) is 23.7. The van der Waals surface area contributed by atoms with Crippen LogP contribution in [0.1, 0.15) is 17.3 Å². The van der Waals surface area contributed by atoms with Gasteiger partial charge in [-0.15, -0.1) is 0 Å². The number of amides is 2. The molecule has 0 bridgehead atoms. The number of rotatable bonds is 2. The van der Waals surface area contributed by atoms with Crippen molar-refractivity contribution in [3.05, 3.63) is 23.8 Å². The third kappa shape index (κ3) is 2.73. The van der Waals surface area contributed by atoms with E-state index < -0.39 is 0 Å². The van der Waals surface area contributed by atoms with Gasteiger partial charge in [-0.3, -0.25) is 9.59 Å². The van der Waals surface area contributed by atoms with Crippen molar-refractivity contribution in [1.29, 1.82) is 0 Å². The van der Waals surface area contributed by atoms with E-state index in [0.717, 1.165) is 0 Å². The molecule has 0 aliphatic heterocycles. The maximum Gasteiger partial charge on any atom is 0.257 e. The molecule has 0 aromatic heterocycles. The van der Waals surface area contributed by atoms with Crippen molar-refractivity contribution in [2.24, 2.45) is 0 Å². The molecule has 0 saturated carbocycles. The molecule has 0 fully saturated rings. The molecule has 1 rings (SSSR count). The van der Waals surface area contributed by atoms with E-state index in [4.69, 9.17) is 0 Å². The molecule has 0 aliphatic carbocycles. The topological polar surface area (TPSA) is 69.6 Å². The van der Waals surface area contributed by atoms with Crippen LogP contribution in [0.2, 0.25) is 0 Å². The van der Waals surface area contributed by atoms with Crippen molar-refractivity contribution in [1.82, 2.24) is 4.90 Å². The lowest BCUT2D eigenvalue weighted by atomic mass is 10.1. The van der Waals surface area contributed by atoms with Gasteiger partial charge >= 0.3 is 0 Å². The number of benzene rings is 1. The lowest BCUT2D eigenvalue weighted by molar-refractivity contribution is -0.114. The molecule has 1 aromatic rings. The van der Waals surface area contributed by atoms with Crippen LogP contribution in [0.4, 0.5) is 5.69 Å². The number of hydrogen-bond donors (Lipinski definition) is 2. The van der Waals surface area contributed by atoms with E-state index in [1.54, 1.807) is 20.2 Å². The monoisotopic (exact) mass is 222 g/mol. The number of aromatic hydroxyl groups is 1. The maximum atomic E-state index is 11.6. The van der Waals surface area contributed by atoms with Gasteiger partial charge < -0.3 is 15.3 Å². The van der Waals surface area contributed by atoms with Gasteiger partial charge in [-0.25, -0.2) is 0 Å². The van der Waals surface area contributed by atoms with Crippen LogP contribution >= 0.6 is 0 Å². The Kier molecular flexibility index (Phi) is 3.50. The molecule has 0 heterocycles. The zero-order valence-corrected chi connectivity index (χ0v) is 9.44. The van der Waals surface area contributed by atoms with Crippen molar-refractivity contribution in [3.63, 3.8) is 0 Å². The van der Waals surface area contributed by atoms with Crippen LogP contribution in [0.5, 0.6) is 5.75 Å². The minimum atomic E-state index is -0.285. The molecule has 0 unspecified atom stereocenters. The first-order chi connectivity index (χ1) is 7.41. The second-order valence-electron chi connectivity index (χ2n) is 3.61. The summed E-state index contributed by atoms with van der Waals surface area (Å²) in [6.45, 7) is 1.37. The SMILES string of the molecule is CC(=O)Nc1ccc(C(=O)N(C)C)c(O)c1. The molecule has 86 valence electrons.